The molecule has 1 rings (SSSR count). The molecule has 1 aliphatic rings. The minimum absolute atomic E-state index is 0.435. The van der Waals surface area contributed by atoms with E-state index in [0.717, 1.165) is 45.2 Å². The number of likely N-dealkylation sites (N-methyl/N-ethyl adjacent to an activating group) is 1. The van der Waals surface area contributed by atoms with E-state index in [1.807, 2.05) is 14.0 Å². The molecule has 0 spiro atoms. The van der Waals surface area contributed by atoms with Crippen LogP contribution in [0.4, 0.5) is 0 Å². The van der Waals surface area contributed by atoms with Crippen molar-refractivity contribution in [2.45, 2.75) is 38.6 Å². The molecular formula is C14H28N2O3. The van der Waals surface area contributed by atoms with Gasteiger partial charge in [-0.15, -0.1) is 0 Å². The van der Waals surface area contributed by atoms with Gasteiger partial charge in [0.2, 0.25) is 0 Å². The summed E-state index contributed by atoms with van der Waals surface area (Å²) < 4.78 is 5.57. The lowest BCUT2D eigenvalue weighted by molar-refractivity contribution is -0.139. The number of hydrogen-bond donors (Lipinski definition) is 2. The van der Waals surface area contributed by atoms with E-state index >= 15 is 0 Å². The molecule has 0 aromatic rings. The average Bonchev–Trinajstić information content (AvgIpc) is 3.18. The van der Waals surface area contributed by atoms with Gasteiger partial charge >= 0.3 is 5.97 Å². The molecule has 1 unspecified atom stereocenters. The zero-order valence-corrected chi connectivity index (χ0v) is 12.2. The molecule has 0 aliphatic heterocycles. The first-order chi connectivity index (χ1) is 9.13. The van der Waals surface area contributed by atoms with E-state index in [9.17, 15) is 4.79 Å². The van der Waals surface area contributed by atoms with E-state index in [4.69, 9.17) is 9.84 Å². The van der Waals surface area contributed by atoms with Crippen LogP contribution in [-0.2, 0) is 9.53 Å². The predicted molar refractivity (Wildman–Crippen MR) is 75.4 cm³/mol. The number of rotatable bonds is 12. The van der Waals surface area contributed by atoms with Crippen molar-refractivity contribution in [2.24, 2.45) is 5.92 Å². The number of nitrogens with one attached hydrogen (secondary N) is 1. The Labute approximate surface area is 116 Å². The Morgan fingerprint density at radius 3 is 2.79 bits per heavy atom. The SMILES string of the molecule is CCCNC(CCN(C)CCOCC1CC1)C(=O)O. The number of carbonyl (C=O) groups is 1. The second-order valence-electron chi connectivity index (χ2n) is 5.46. The molecule has 0 aromatic carbocycles. The Hall–Kier alpha value is -0.650. The van der Waals surface area contributed by atoms with Gasteiger partial charge in [-0.2, -0.15) is 0 Å². The fourth-order valence-electron chi connectivity index (χ4n) is 1.85. The lowest BCUT2D eigenvalue weighted by Crippen LogP contribution is -2.40. The number of aliphatic carboxylic acids is 1. The van der Waals surface area contributed by atoms with E-state index in [-0.39, 0.29) is 0 Å². The smallest absolute Gasteiger partial charge is 0.320 e. The fourth-order valence-corrected chi connectivity index (χ4v) is 1.85. The van der Waals surface area contributed by atoms with Crippen molar-refractivity contribution in [2.75, 3.05) is 39.9 Å². The highest BCUT2D eigenvalue weighted by atomic mass is 16.5. The number of carboxylic acids is 1. The number of nitrogens with zero attached hydrogens (tertiary/aromatic N) is 1. The molecule has 2 N–H and O–H groups in total. The van der Waals surface area contributed by atoms with Gasteiger partial charge in [0.25, 0.3) is 0 Å². The Morgan fingerprint density at radius 2 is 2.21 bits per heavy atom. The molecule has 112 valence electrons. The fraction of sp³-hybridized carbons (Fsp3) is 0.929. The molecule has 1 atom stereocenters. The maximum atomic E-state index is 11.1. The first-order valence-electron chi connectivity index (χ1n) is 7.36. The second kappa shape index (κ2) is 9.28. The van der Waals surface area contributed by atoms with E-state index in [1.54, 1.807) is 0 Å². The quantitative estimate of drug-likeness (QED) is 0.523. The summed E-state index contributed by atoms with van der Waals surface area (Å²) >= 11 is 0. The highest BCUT2D eigenvalue weighted by Crippen LogP contribution is 2.28. The van der Waals surface area contributed by atoms with Crippen LogP contribution in [0.3, 0.4) is 0 Å². The van der Waals surface area contributed by atoms with Crippen LogP contribution in [0.2, 0.25) is 0 Å². The van der Waals surface area contributed by atoms with Crippen LogP contribution in [0.5, 0.6) is 0 Å². The molecule has 0 radical (unpaired) electrons. The number of hydrogen-bond acceptors (Lipinski definition) is 4. The van der Waals surface area contributed by atoms with E-state index in [2.05, 4.69) is 10.2 Å². The van der Waals surface area contributed by atoms with E-state index in [1.165, 1.54) is 12.8 Å². The van der Waals surface area contributed by atoms with Gasteiger partial charge in [-0.25, -0.2) is 0 Å². The molecule has 5 heteroatoms. The van der Waals surface area contributed by atoms with Crippen molar-refractivity contribution < 1.29 is 14.6 Å². The monoisotopic (exact) mass is 272 g/mol. The second-order valence-corrected chi connectivity index (χ2v) is 5.46. The van der Waals surface area contributed by atoms with Gasteiger partial charge in [-0.3, -0.25) is 4.79 Å². The number of carboxylic acid groups (broad SMARTS) is 1. The van der Waals surface area contributed by atoms with Crippen LogP contribution < -0.4 is 5.32 Å². The summed E-state index contributed by atoms with van der Waals surface area (Å²) in [5.74, 6) is 0.0479. The van der Waals surface area contributed by atoms with Gasteiger partial charge < -0.3 is 20.1 Å². The minimum atomic E-state index is -0.758. The Kier molecular flexibility index (Phi) is 8.02. The molecule has 0 amide bonds. The Morgan fingerprint density at radius 1 is 1.47 bits per heavy atom. The summed E-state index contributed by atoms with van der Waals surface area (Å²) in [5, 5.41) is 12.1. The molecule has 0 saturated heterocycles. The van der Waals surface area contributed by atoms with Gasteiger partial charge in [0.15, 0.2) is 0 Å². The van der Waals surface area contributed by atoms with E-state index < -0.39 is 12.0 Å². The van der Waals surface area contributed by atoms with Gasteiger partial charge in [0, 0.05) is 13.2 Å². The zero-order chi connectivity index (χ0) is 14.1. The molecular weight excluding hydrogens is 244 g/mol. The molecule has 0 bridgehead atoms. The summed E-state index contributed by atoms with van der Waals surface area (Å²) in [6.45, 7) is 6.07. The maximum Gasteiger partial charge on any atom is 0.320 e. The van der Waals surface area contributed by atoms with Crippen molar-refractivity contribution >= 4 is 5.97 Å². The average molecular weight is 272 g/mol. The summed E-state index contributed by atoms with van der Waals surface area (Å²) in [6.07, 6.45) is 4.22. The normalized spacial score (nSPS) is 16.8. The molecule has 0 aromatic heterocycles. The molecule has 19 heavy (non-hydrogen) atoms. The number of ether oxygens (including phenoxy) is 1. The Bertz CT molecular complexity index is 257. The highest BCUT2D eigenvalue weighted by molar-refractivity contribution is 5.73. The molecule has 1 aliphatic carbocycles. The van der Waals surface area contributed by atoms with Crippen LogP contribution in [0, 0.1) is 5.92 Å². The molecule has 1 saturated carbocycles. The highest BCUT2D eigenvalue weighted by Gasteiger charge is 2.21. The zero-order valence-electron chi connectivity index (χ0n) is 12.2. The minimum Gasteiger partial charge on any atom is -0.480 e. The first-order valence-corrected chi connectivity index (χ1v) is 7.36. The van der Waals surface area contributed by atoms with Gasteiger partial charge in [0.05, 0.1) is 6.61 Å². The lowest BCUT2D eigenvalue weighted by atomic mass is 10.2. The third-order valence-electron chi connectivity index (χ3n) is 3.41. The van der Waals surface area contributed by atoms with Crippen molar-refractivity contribution in [1.29, 1.82) is 0 Å². The summed E-state index contributed by atoms with van der Waals surface area (Å²) in [4.78, 5) is 13.2. The van der Waals surface area contributed by atoms with Crippen molar-refractivity contribution in [1.82, 2.24) is 10.2 Å². The summed E-state index contributed by atoms with van der Waals surface area (Å²) in [7, 11) is 2.01. The van der Waals surface area contributed by atoms with Crippen molar-refractivity contribution in [3.63, 3.8) is 0 Å². The largest absolute Gasteiger partial charge is 0.480 e. The molecule has 1 fully saturated rings. The maximum absolute atomic E-state index is 11.1. The van der Waals surface area contributed by atoms with Crippen LogP contribution in [-0.4, -0.2) is 61.9 Å². The van der Waals surface area contributed by atoms with Crippen LogP contribution >= 0.6 is 0 Å². The van der Waals surface area contributed by atoms with Crippen molar-refractivity contribution in [3.05, 3.63) is 0 Å². The standard InChI is InChI=1S/C14H28N2O3/c1-3-7-15-13(14(17)18)6-8-16(2)9-10-19-11-12-4-5-12/h12-13,15H,3-11H2,1-2H3,(H,17,18). The van der Waals surface area contributed by atoms with Gasteiger partial charge in [-0.05, 0) is 51.7 Å². The molecule has 0 heterocycles. The van der Waals surface area contributed by atoms with Gasteiger partial charge in [-0.1, -0.05) is 6.92 Å². The van der Waals surface area contributed by atoms with E-state index in [0.29, 0.717) is 6.42 Å². The predicted octanol–water partition coefficient (Wildman–Crippen LogP) is 1.19. The summed E-state index contributed by atoms with van der Waals surface area (Å²) in [6, 6.07) is -0.435. The third-order valence-corrected chi connectivity index (χ3v) is 3.41. The van der Waals surface area contributed by atoms with Crippen LogP contribution in [0.25, 0.3) is 0 Å². The van der Waals surface area contributed by atoms with Crippen LogP contribution in [0.15, 0.2) is 0 Å². The van der Waals surface area contributed by atoms with Gasteiger partial charge in [0.1, 0.15) is 6.04 Å². The Balaban J connectivity index is 2.04. The summed E-state index contributed by atoms with van der Waals surface area (Å²) in [5.41, 5.74) is 0. The topological polar surface area (TPSA) is 61.8 Å². The van der Waals surface area contributed by atoms with Crippen molar-refractivity contribution in [3.8, 4) is 0 Å². The third kappa shape index (κ3) is 8.18. The van der Waals surface area contributed by atoms with Crippen LogP contribution in [0.1, 0.15) is 32.6 Å². The lowest BCUT2D eigenvalue weighted by Gasteiger charge is -2.20. The molecule has 5 nitrogen and oxygen atoms in total. The first kappa shape index (κ1) is 16.4.